The molecule has 0 radical (unpaired) electrons. The monoisotopic (exact) mass is 496 g/mol. The Morgan fingerprint density at radius 1 is 0.800 bits per heavy atom. The minimum absolute atomic E-state index is 0.610. The average Bonchev–Trinajstić information content (AvgIpc) is 3.31. The smallest absolute Gasteiger partial charge is 0.119 e. The van der Waals surface area contributed by atoms with Crippen LogP contribution in [0.5, 0.6) is 5.75 Å². The van der Waals surface area contributed by atoms with Crippen LogP contribution in [0.3, 0.4) is 0 Å². The summed E-state index contributed by atoms with van der Waals surface area (Å²) in [5.74, 6) is 1.57. The summed E-state index contributed by atoms with van der Waals surface area (Å²) >= 11 is 0. The summed E-state index contributed by atoms with van der Waals surface area (Å²) in [6.45, 7) is 7.04. The third kappa shape index (κ3) is 5.38. The van der Waals surface area contributed by atoms with Gasteiger partial charge in [-0.05, 0) is 107 Å². The van der Waals surface area contributed by atoms with Crippen LogP contribution in [0.2, 0.25) is 0 Å². The zero-order valence-electron chi connectivity index (χ0n) is 20.5. The van der Waals surface area contributed by atoms with Crippen molar-refractivity contribution in [2.75, 3.05) is 6.61 Å². The first kappa shape index (κ1) is 24.2. The molecule has 0 bridgehead atoms. The maximum absolute atomic E-state index is 6.15. The standard InChI is InChI=1S/C32H34OP2/c1-21-4-7-24(8-5-21)28-15-29(19-34)32(30(16-28)20-35)27-10-9-26-17-31(12-11-25(26)14-27)33-18-23-6-3-22(2)13-23/h4-5,7-12,14-17,23H,2-3,6,13,18-20,34-35H2,1H3. The lowest BCUT2D eigenvalue weighted by molar-refractivity contribution is 0.254. The van der Waals surface area contributed by atoms with Crippen molar-refractivity contribution in [3.63, 3.8) is 0 Å². The maximum Gasteiger partial charge on any atom is 0.119 e. The van der Waals surface area contributed by atoms with Crippen molar-refractivity contribution in [1.82, 2.24) is 0 Å². The Bertz CT molecular complexity index is 1350. The molecule has 3 unspecified atom stereocenters. The van der Waals surface area contributed by atoms with Crippen molar-refractivity contribution in [1.29, 1.82) is 0 Å². The fraction of sp³-hybridized carbons (Fsp3) is 0.250. The van der Waals surface area contributed by atoms with Crippen LogP contribution >= 0.6 is 18.5 Å². The van der Waals surface area contributed by atoms with E-state index in [1.54, 1.807) is 0 Å². The molecule has 0 saturated heterocycles. The predicted octanol–water partition coefficient (Wildman–Crippen LogP) is 8.97. The fourth-order valence-corrected chi connectivity index (χ4v) is 5.86. The van der Waals surface area contributed by atoms with Gasteiger partial charge in [-0.3, -0.25) is 0 Å². The second-order valence-corrected chi connectivity index (χ2v) is 10.7. The fourth-order valence-electron chi connectivity index (χ4n) is 5.22. The molecule has 0 amide bonds. The van der Waals surface area contributed by atoms with E-state index in [0.717, 1.165) is 37.5 Å². The number of hydrogen-bond acceptors (Lipinski definition) is 1. The van der Waals surface area contributed by atoms with Gasteiger partial charge >= 0.3 is 0 Å². The van der Waals surface area contributed by atoms with Gasteiger partial charge in [0.1, 0.15) is 5.75 Å². The highest BCUT2D eigenvalue weighted by Gasteiger charge is 2.18. The lowest BCUT2D eigenvalue weighted by Crippen LogP contribution is -2.07. The second-order valence-electron chi connectivity index (χ2n) is 9.84. The molecule has 0 heterocycles. The Balaban J connectivity index is 1.45. The van der Waals surface area contributed by atoms with E-state index in [9.17, 15) is 0 Å². The molecule has 5 rings (SSSR count). The van der Waals surface area contributed by atoms with Crippen LogP contribution < -0.4 is 4.74 Å². The van der Waals surface area contributed by atoms with Crippen LogP contribution in [0.4, 0.5) is 0 Å². The first-order chi connectivity index (χ1) is 17.0. The van der Waals surface area contributed by atoms with Gasteiger partial charge in [-0.25, -0.2) is 0 Å². The SMILES string of the molecule is C=C1CCC(COc2ccc3cc(-c4c(CP)cc(-c5ccc(C)cc5)cc4CP)ccc3c2)C1. The molecule has 3 heteroatoms. The highest BCUT2D eigenvalue weighted by atomic mass is 31.0. The van der Waals surface area contributed by atoms with Crippen molar-refractivity contribution >= 4 is 29.3 Å². The molecule has 1 aliphatic carbocycles. The van der Waals surface area contributed by atoms with Gasteiger partial charge in [0.25, 0.3) is 0 Å². The van der Waals surface area contributed by atoms with Crippen molar-refractivity contribution in [3.8, 4) is 28.0 Å². The Morgan fingerprint density at radius 2 is 1.46 bits per heavy atom. The first-order valence-corrected chi connectivity index (χ1v) is 14.1. The van der Waals surface area contributed by atoms with E-state index in [1.807, 2.05) is 0 Å². The Morgan fingerprint density at radius 3 is 2.11 bits per heavy atom. The van der Waals surface area contributed by atoms with Crippen LogP contribution in [0.1, 0.15) is 36.0 Å². The zero-order valence-corrected chi connectivity index (χ0v) is 22.8. The quantitative estimate of drug-likeness (QED) is 0.183. The summed E-state index contributed by atoms with van der Waals surface area (Å²) in [5.41, 5.74) is 10.6. The minimum Gasteiger partial charge on any atom is -0.493 e. The van der Waals surface area contributed by atoms with Crippen LogP contribution in [0.15, 0.2) is 84.9 Å². The molecule has 4 aromatic carbocycles. The van der Waals surface area contributed by atoms with Gasteiger partial charge in [0, 0.05) is 0 Å². The van der Waals surface area contributed by atoms with Gasteiger partial charge in [0.05, 0.1) is 6.61 Å². The van der Waals surface area contributed by atoms with Gasteiger partial charge in [0.2, 0.25) is 0 Å². The van der Waals surface area contributed by atoms with E-state index in [0.29, 0.717) is 5.92 Å². The van der Waals surface area contributed by atoms with Gasteiger partial charge < -0.3 is 4.74 Å². The number of hydrogen-bond donors (Lipinski definition) is 0. The highest BCUT2D eigenvalue weighted by molar-refractivity contribution is 7.15. The molecule has 1 nitrogen and oxygen atoms in total. The van der Waals surface area contributed by atoms with Crippen molar-refractivity contribution in [2.24, 2.45) is 5.92 Å². The molecule has 35 heavy (non-hydrogen) atoms. The van der Waals surface area contributed by atoms with Crippen LogP contribution in [-0.2, 0) is 12.3 Å². The lowest BCUT2D eigenvalue weighted by atomic mass is 9.90. The Kier molecular flexibility index (Phi) is 7.38. The summed E-state index contributed by atoms with van der Waals surface area (Å²) in [6.07, 6.45) is 5.30. The van der Waals surface area contributed by atoms with Crippen molar-refractivity contribution in [2.45, 2.75) is 38.5 Å². The zero-order chi connectivity index (χ0) is 24.4. The highest BCUT2D eigenvalue weighted by Crippen LogP contribution is 2.37. The molecule has 4 aromatic rings. The third-order valence-electron chi connectivity index (χ3n) is 7.20. The Labute approximate surface area is 214 Å². The summed E-state index contributed by atoms with van der Waals surface area (Å²) in [6, 6.07) is 26.9. The number of aryl methyl sites for hydroxylation is 1. The second kappa shape index (κ2) is 10.7. The number of ether oxygens (including phenoxy) is 1. The van der Waals surface area contributed by atoms with E-state index in [4.69, 9.17) is 4.74 Å². The summed E-state index contributed by atoms with van der Waals surface area (Å²) < 4.78 is 6.15. The van der Waals surface area contributed by atoms with Crippen LogP contribution in [0.25, 0.3) is 33.0 Å². The Hall–Kier alpha value is -2.46. The number of fused-ring (bicyclic) bond motifs is 1. The van der Waals surface area contributed by atoms with Crippen LogP contribution in [-0.4, -0.2) is 6.61 Å². The third-order valence-corrected chi connectivity index (χ3v) is 8.08. The maximum atomic E-state index is 6.15. The topological polar surface area (TPSA) is 9.23 Å². The number of rotatable bonds is 7. The average molecular weight is 497 g/mol. The predicted molar refractivity (Wildman–Crippen MR) is 158 cm³/mol. The first-order valence-electron chi connectivity index (χ1n) is 12.5. The van der Waals surface area contributed by atoms with Gasteiger partial charge in [-0.2, -0.15) is 0 Å². The molecular weight excluding hydrogens is 462 g/mol. The normalized spacial score (nSPS) is 15.6. The molecular formula is C32H34OP2. The van der Waals surface area contributed by atoms with Crippen molar-refractivity contribution in [3.05, 3.63) is 102 Å². The lowest BCUT2D eigenvalue weighted by Gasteiger charge is -2.17. The molecule has 1 aliphatic rings. The van der Waals surface area contributed by atoms with E-state index in [2.05, 4.69) is 105 Å². The largest absolute Gasteiger partial charge is 0.493 e. The van der Waals surface area contributed by atoms with E-state index in [1.165, 1.54) is 61.7 Å². The molecule has 0 N–H and O–H groups in total. The summed E-state index contributed by atoms with van der Waals surface area (Å²) in [4.78, 5) is 0. The van der Waals surface area contributed by atoms with Gasteiger partial charge in [0.15, 0.2) is 0 Å². The van der Waals surface area contributed by atoms with Gasteiger partial charge in [-0.15, -0.1) is 18.5 Å². The molecule has 3 atom stereocenters. The number of benzene rings is 4. The molecule has 1 fully saturated rings. The molecule has 0 aromatic heterocycles. The molecule has 178 valence electrons. The van der Waals surface area contributed by atoms with Gasteiger partial charge in [-0.1, -0.05) is 72.3 Å². The van der Waals surface area contributed by atoms with E-state index in [-0.39, 0.29) is 0 Å². The number of allylic oxidation sites excluding steroid dienone is 1. The minimum atomic E-state index is 0.610. The molecule has 0 spiro atoms. The van der Waals surface area contributed by atoms with Crippen molar-refractivity contribution < 1.29 is 4.74 Å². The van der Waals surface area contributed by atoms with Crippen LogP contribution in [0, 0.1) is 12.8 Å². The summed E-state index contributed by atoms with van der Waals surface area (Å²) in [5, 5.41) is 2.47. The molecule has 0 aliphatic heterocycles. The van der Waals surface area contributed by atoms with E-state index >= 15 is 0 Å². The van der Waals surface area contributed by atoms with E-state index < -0.39 is 0 Å². The summed E-state index contributed by atoms with van der Waals surface area (Å²) in [7, 11) is 5.86. The molecule has 1 saturated carbocycles.